The third kappa shape index (κ3) is 6.32. The summed E-state index contributed by atoms with van der Waals surface area (Å²) in [6.07, 6.45) is 1.55. The molecular formula is C10H24O3SSi. The molecule has 0 aromatic heterocycles. The normalized spacial score (nSPS) is 13.1. The van der Waals surface area contributed by atoms with Gasteiger partial charge in [-0.25, -0.2) is 0 Å². The molecule has 1 N–H and O–H groups in total. The van der Waals surface area contributed by atoms with Gasteiger partial charge in [0.25, 0.3) is 10.1 Å². The molecule has 0 radical (unpaired) electrons. The minimum absolute atomic E-state index is 0.0748. The van der Waals surface area contributed by atoms with Crippen LogP contribution in [0.1, 0.15) is 33.6 Å². The highest BCUT2D eigenvalue weighted by atomic mass is 32.2. The first-order chi connectivity index (χ1) is 6.89. The fourth-order valence-electron chi connectivity index (χ4n) is 2.06. The van der Waals surface area contributed by atoms with Crippen LogP contribution in [-0.4, -0.2) is 26.8 Å². The lowest BCUT2D eigenvalue weighted by Gasteiger charge is -2.27. The van der Waals surface area contributed by atoms with Crippen molar-refractivity contribution >= 4 is 18.2 Å². The monoisotopic (exact) mass is 252 g/mol. The zero-order chi connectivity index (χ0) is 11.9. The van der Waals surface area contributed by atoms with E-state index in [1.807, 2.05) is 0 Å². The van der Waals surface area contributed by atoms with E-state index in [4.69, 9.17) is 4.55 Å². The van der Waals surface area contributed by atoms with Crippen LogP contribution < -0.4 is 0 Å². The molecule has 0 aromatic carbocycles. The molecule has 0 aromatic rings. The molecule has 15 heavy (non-hydrogen) atoms. The van der Waals surface area contributed by atoms with Crippen LogP contribution >= 0.6 is 0 Å². The lowest BCUT2D eigenvalue weighted by molar-refractivity contribution is 0.480. The number of hydrogen-bond donors (Lipinski definition) is 1. The van der Waals surface area contributed by atoms with Crippen molar-refractivity contribution in [2.24, 2.45) is 0 Å². The van der Waals surface area contributed by atoms with E-state index in [0.717, 1.165) is 6.42 Å². The van der Waals surface area contributed by atoms with Crippen LogP contribution in [0.3, 0.4) is 0 Å². The average molecular weight is 252 g/mol. The van der Waals surface area contributed by atoms with Crippen molar-refractivity contribution in [2.45, 2.75) is 57.8 Å². The van der Waals surface area contributed by atoms with Crippen LogP contribution in [0.4, 0.5) is 0 Å². The van der Waals surface area contributed by atoms with Gasteiger partial charge < -0.3 is 0 Å². The largest absolute Gasteiger partial charge is 0.286 e. The summed E-state index contributed by atoms with van der Waals surface area (Å²) in [7, 11) is -4.84. The van der Waals surface area contributed by atoms with Gasteiger partial charge in [0.1, 0.15) is 0 Å². The summed E-state index contributed by atoms with van der Waals surface area (Å²) in [6, 6.07) is 5.05. The highest BCUT2D eigenvalue weighted by molar-refractivity contribution is 7.85. The highest BCUT2D eigenvalue weighted by Crippen LogP contribution is 2.27. The molecule has 0 spiro atoms. The zero-order valence-corrected chi connectivity index (χ0v) is 11.9. The van der Waals surface area contributed by atoms with Crippen LogP contribution in [0.2, 0.25) is 24.2 Å². The van der Waals surface area contributed by atoms with Gasteiger partial charge in [-0.3, -0.25) is 4.55 Å². The van der Waals surface area contributed by atoms with Crippen molar-refractivity contribution < 1.29 is 13.0 Å². The van der Waals surface area contributed by atoms with Gasteiger partial charge >= 0.3 is 0 Å². The Labute approximate surface area is 95.0 Å². The summed E-state index contributed by atoms with van der Waals surface area (Å²) in [4.78, 5) is 0. The van der Waals surface area contributed by atoms with Gasteiger partial charge in [-0.15, -0.1) is 0 Å². The second-order valence-electron chi connectivity index (χ2n) is 4.30. The smallest absolute Gasteiger partial charge is 0.264 e. The predicted octanol–water partition coefficient (Wildman–Crippen LogP) is 3.16. The standard InChI is InChI=1S/C10H24O3SSi/c1-4-15(5-2,6-3)10-8-7-9-14(11,12)13/h4-10H2,1-3H3,(H,11,12,13). The second-order valence-corrected chi connectivity index (χ2v) is 11.5. The molecule has 0 bridgehead atoms. The molecule has 0 aliphatic rings. The van der Waals surface area contributed by atoms with E-state index in [9.17, 15) is 8.42 Å². The van der Waals surface area contributed by atoms with Gasteiger partial charge in [0.2, 0.25) is 0 Å². The van der Waals surface area contributed by atoms with Gasteiger partial charge in [-0.2, -0.15) is 8.42 Å². The summed E-state index contributed by atoms with van der Waals surface area (Å²) in [5, 5.41) is 0. The molecule has 0 heterocycles. The van der Waals surface area contributed by atoms with E-state index in [-0.39, 0.29) is 5.75 Å². The Morgan fingerprint density at radius 1 is 1.00 bits per heavy atom. The van der Waals surface area contributed by atoms with Crippen LogP contribution in [-0.2, 0) is 10.1 Å². The summed E-state index contributed by atoms with van der Waals surface area (Å²) >= 11 is 0. The van der Waals surface area contributed by atoms with Gasteiger partial charge in [0, 0.05) is 0 Å². The summed E-state index contributed by atoms with van der Waals surface area (Å²) in [5.74, 6) is -0.0748. The lowest BCUT2D eigenvalue weighted by atomic mass is 10.4. The Morgan fingerprint density at radius 2 is 1.47 bits per heavy atom. The first-order valence-electron chi connectivity index (χ1n) is 5.84. The molecule has 0 amide bonds. The quantitative estimate of drug-likeness (QED) is 0.410. The molecule has 0 fully saturated rings. The minimum Gasteiger partial charge on any atom is -0.286 e. The average Bonchev–Trinajstić information content (AvgIpc) is 2.18. The molecule has 0 rings (SSSR count). The van der Waals surface area contributed by atoms with Crippen molar-refractivity contribution in [3.05, 3.63) is 0 Å². The molecule has 0 aliphatic heterocycles. The van der Waals surface area contributed by atoms with Crippen LogP contribution in [0.15, 0.2) is 0 Å². The summed E-state index contributed by atoms with van der Waals surface area (Å²) < 4.78 is 29.7. The molecule has 0 saturated heterocycles. The van der Waals surface area contributed by atoms with Gasteiger partial charge in [-0.05, 0) is 6.42 Å². The fourth-order valence-corrected chi connectivity index (χ4v) is 6.19. The van der Waals surface area contributed by atoms with Gasteiger partial charge in [-0.1, -0.05) is 51.4 Å². The molecular weight excluding hydrogens is 228 g/mol. The van der Waals surface area contributed by atoms with Gasteiger partial charge in [0.05, 0.1) is 13.8 Å². The van der Waals surface area contributed by atoms with E-state index < -0.39 is 18.2 Å². The third-order valence-electron chi connectivity index (χ3n) is 3.61. The lowest BCUT2D eigenvalue weighted by Crippen LogP contribution is -2.30. The van der Waals surface area contributed by atoms with E-state index in [2.05, 4.69) is 20.8 Å². The maximum atomic E-state index is 10.5. The molecule has 5 heteroatoms. The Hall–Kier alpha value is 0.127. The van der Waals surface area contributed by atoms with Crippen LogP contribution in [0, 0.1) is 0 Å². The maximum Gasteiger partial charge on any atom is 0.264 e. The minimum atomic E-state index is -3.75. The summed E-state index contributed by atoms with van der Waals surface area (Å²) in [5.41, 5.74) is 0. The fraction of sp³-hybridized carbons (Fsp3) is 1.00. The first kappa shape index (κ1) is 15.1. The third-order valence-corrected chi connectivity index (χ3v) is 10.3. The van der Waals surface area contributed by atoms with E-state index in [1.54, 1.807) is 0 Å². The van der Waals surface area contributed by atoms with Crippen molar-refractivity contribution in [1.29, 1.82) is 0 Å². The molecule has 3 nitrogen and oxygen atoms in total. The molecule has 0 aliphatic carbocycles. The Bertz CT molecular complexity index is 250. The number of hydrogen-bond acceptors (Lipinski definition) is 2. The second kappa shape index (κ2) is 6.65. The van der Waals surface area contributed by atoms with Crippen molar-refractivity contribution in [3.8, 4) is 0 Å². The van der Waals surface area contributed by atoms with Crippen molar-refractivity contribution in [2.75, 3.05) is 5.75 Å². The Balaban J connectivity index is 3.92. The highest BCUT2D eigenvalue weighted by Gasteiger charge is 2.25. The van der Waals surface area contributed by atoms with Gasteiger partial charge in [0.15, 0.2) is 0 Å². The first-order valence-corrected chi connectivity index (χ1v) is 10.3. The molecule has 0 unspecified atom stereocenters. The molecule has 0 atom stereocenters. The maximum absolute atomic E-state index is 10.5. The van der Waals surface area contributed by atoms with Crippen molar-refractivity contribution in [1.82, 2.24) is 0 Å². The van der Waals surface area contributed by atoms with Crippen LogP contribution in [0.5, 0.6) is 0 Å². The topological polar surface area (TPSA) is 54.4 Å². The van der Waals surface area contributed by atoms with Crippen LogP contribution in [0.25, 0.3) is 0 Å². The number of unbranched alkanes of at least 4 members (excludes halogenated alkanes) is 1. The van der Waals surface area contributed by atoms with E-state index in [1.165, 1.54) is 24.2 Å². The summed E-state index contributed by atoms with van der Waals surface area (Å²) in [6.45, 7) is 6.76. The number of rotatable bonds is 8. The Kier molecular flexibility index (Phi) is 6.71. The van der Waals surface area contributed by atoms with Crippen molar-refractivity contribution in [3.63, 3.8) is 0 Å². The molecule has 92 valence electrons. The van der Waals surface area contributed by atoms with E-state index in [0.29, 0.717) is 6.42 Å². The zero-order valence-electron chi connectivity index (χ0n) is 10.1. The predicted molar refractivity (Wildman–Crippen MR) is 67.7 cm³/mol. The SMILES string of the molecule is CC[Si](CC)(CC)CCCCS(=O)(=O)O. The Morgan fingerprint density at radius 3 is 1.80 bits per heavy atom. The molecule has 0 saturated carbocycles. The van der Waals surface area contributed by atoms with E-state index >= 15 is 0 Å².